The molecule has 0 bridgehead atoms. The third kappa shape index (κ3) is 4.93. The third-order valence-electron chi connectivity index (χ3n) is 4.43. The SMILES string of the molecule is CC(C)(C)[NH+](CC#CC(O)(c1ccccc1)c1ccccc1)CCO. The van der Waals surface area contributed by atoms with E-state index in [1.165, 1.54) is 4.90 Å². The summed E-state index contributed by atoms with van der Waals surface area (Å²) in [6.07, 6.45) is 0. The molecule has 2 aromatic rings. The van der Waals surface area contributed by atoms with Crippen LogP contribution in [0.15, 0.2) is 60.7 Å². The molecule has 0 heterocycles. The molecule has 0 saturated heterocycles. The Kier molecular flexibility index (Phi) is 6.39. The minimum absolute atomic E-state index is 0.0188. The van der Waals surface area contributed by atoms with Crippen LogP contribution in [0.2, 0.25) is 0 Å². The van der Waals surface area contributed by atoms with E-state index in [9.17, 15) is 10.2 Å². The Labute approximate surface area is 150 Å². The number of hydrogen-bond donors (Lipinski definition) is 3. The highest BCUT2D eigenvalue weighted by Gasteiger charge is 2.29. The molecule has 0 aliphatic carbocycles. The van der Waals surface area contributed by atoms with Crippen molar-refractivity contribution in [1.29, 1.82) is 0 Å². The Bertz CT molecular complexity index is 669. The average Bonchev–Trinajstić information content (AvgIpc) is 2.61. The van der Waals surface area contributed by atoms with Gasteiger partial charge in [-0.05, 0) is 26.7 Å². The van der Waals surface area contributed by atoms with Gasteiger partial charge in [0.2, 0.25) is 0 Å². The lowest BCUT2D eigenvalue weighted by Crippen LogP contribution is -3.19. The van der Waals surface area contributed by atoms with Crippen LogP contribution in [0.25, 0.3) is 0 Å². The molecule has 3 nitrogen and oxygen atoms in total. The molecule has 1 atom stereocenters. The zero-order valence-electron chi connectivity index (χ0n) is 15.3. The normalized spacial score (nSPS) is 13.0. The summed E-state index contributed by atoms with van der Waals surface area (Å²) in [7, 11) is 0. The quantitative estimate of drug-likeness (QED) is 0.725. The van der Waals surface area contributed by atoms with Gasteiger partial charge in [-0.3, -0.25) is 0 Å². The molecule has 0 aliphatic rings. The maximum atomic E-state index is 11.4. The smallest absolute Gasteiger partial charge is 0.177 e. The first-order chi connectivity index (χ1) is 11.9. The van der Waals surface area contributed by atoms with Crippen LogP contribution in [-0.4, -0.2) is 35.4 Å². The molecular weight excluding hydrogens is 310 g/mol. The van der Waals surface area contributed by atoms with E-state index in [1.54, 1.807) is 0 Å². The molecule has 0 spiro atoms. The summed E-state index contributed by atoms with van der Waals surface area (Å²) >= 11 is 0. The van der Waals surface area contributed by atoms with Crippen LogP contribution >= 0.6 is 0 Å². The van der Waals surface area contributed by atoms with Crippen molar-refractivity contribution in [2.24, 2.45) is 0 Å². The van der Waals surface area contributed by atoms with E-state index in [0.717, 1.165) is 11.1 Å². The van der Waals surface area contributed by atoms with Crippen molar-refractivity contribution in [3.8, 4) is 11.8 Å². The van der Waals surface area contributed by atoms with Gasteiger partial charge >= 0.3 is 0 Å². The minimum atomic E-state index is -1.34. The topological polar surface area (TPSA) is 44.9 Å². The standard InChI is InChI=1S/C22H27NO2/c1-21(2,3)23(17-18-24)16-10-15-22(25,19-11-6-4-7-12-19)20-13-8-5-9-14-20/h4-9,11-14,24-25H,16-18H2,1-3H3/p+1. The Balaban J connectivity index is 2.36. The highest BCUT2D eigenvalue weighted by molar-refractivity contribution is 5.44. The van der Waals surface area contributed by atoms with Crippen molar-refractivity contribution >= 4 is 0 Å². The second-order valence-corrected chi connectivity index (χ2v) is 7.25. The summed E-state index contributed by atoms with van der Waals surface area (Å²) in [5.74, 6) is 6.26. The lowest BCUT2D eigenvalue weighted by molar-refractivity contribution is -0.940. The van der Waals surface area contributed by atoms with Crippen LogP contribution in [0.3, 0.4) is 0 Å². The van der Waals surface area contributed by atoms with Crippen molar-refractivity contribution < 1.29 is 15.1 Å². The van der Waals surface area contributed by atoms with Gasteiger partial charge in [0.15, 0.2) is 5.60 Å². The number of nitrogens with one attached hydrogen (secondary N) is 1. The number of aliphatic hydroxyl groups excluding tert-OH is 1. The van der Waals surface area contributed by atoms with E-state index < -0.39 is 5.60 Å². The zero-order chi connectivity index (χ0) is 18.3. The highest BCUT2D eigenvalue weighted by atomic mass is 16.3. The molecule has 0 amide bonds. The van der Waals surface area contributed by atoms with E-state index in [4.69, 9.17) is 0 Å². The van der Waals surface area contributed by atoms with E-state index in [0.29, 0.717) is 13.1 Å². The van der Waals surface area contributed by atoms with Gasteiger partial charge in [0.25, 0.3) is 0 Å². The molecule has 0 saturated carbocycles. The Morgan fingerprint density at radius 1 is 0.880 bits per heavy atom. The van der Waals surface area contributed by atoms with Crippen LogP contribution in [0.4, 0.5) is 0 Å². The van der Waals surface area contributed by atoms with Gasteiger partial charge in [-0.2, -0.15) is 0 Å². The van der Waals surface area contributed by atoms with Crippen LogP contribution in [0.5, 0.6) is 0 Å². The first kappa shape index (κ1) is 19.2. The van der Waals surface area contributed by atoms with Crippen molar-refractivity contribution in [1.82, 2.24) is 0 Å². The molecule has 2 rings (SSSR count). The maximum Gasteiger partial charge on any atom is 0.177 e. The van der Waals surface area contributed by atoms with E-state index in [2.05, 4.69) is 32.6 Å². The van der Waals surface area contributed by atoms with Crippen LogP contribution in [0.1, 0.15) is 31.9 Å². The van der Waals surface area contributed by atoms with Gasteiger partial charge in [-0.15, -0.1) is 0 Å². The van der Waals surface area contributed by atoms with Crippen LogP contribution in [0, 0.1) is 11.8 Å². The number of benzene rings is 2. The zero-order valence-corrected chi connectivity index (χ0v) is 15.3. The van der Waals surface area contributed by atoms with Gasteiger partial charge in [-0.25, -0.2) is 0 Å². The monoisotopic (exact) mass is 338 g/mol. The predicted octanol–water partition coefficient (Wildman–Crippen LogP) is 1.60. The summed E-state index contributed by atoms with van der Waals surface area (Å²) in [5, 5.41) is 20.7. The van der Waals surface area contributed by atoms with Gasteiger partial charge in [0, 0.05) is 11.1 Å². The first-order valence-corrected chi connectivity index (χ1v) is 8.67. The molecule has 3 heteroatoms. The fourth-order valence-electron chi connectivity index (χ4n) is 2.81. The summed E-state index contributed by atoms with van der Waals surface area (Å²) in [6, 6.07) is 19.0. The first-order valence-electron chi connectivity index (χ1n) is 8.67. The second kappa shape index (κ2) is 8.31. The average molecular weight is 338 g/mol. The molecular formula is C22H28NO2+. The van der Waals surface area contributed by atoms with E-state index in [-0.39, 0.29) is 12.1 Å². The molecule has 0 radical (unpaired) electrons. The lowest BCUT2D eigenvalue weighted by atomic mass is 9.87. The molecule has 3 N–H and O–H groups in total. The Morgan fingerprint density at radius 2 is 1.36 bits per heavy atom. The largest absolute Gasteiger partial charge is 0.391 e. The number of quaternary nitrogens is 1. The molecule has 25 heavy (non-hydrogen) atoms. The maximum absolute atomic E-state index is 11.4. The van der Waals surface area contributed by atoms with Crippen molar-refractivity contribution in [3.05, 3.63) is 71.8 Å². The van der Waals surface area contributed by atoms with Gasteiger partial charge in [-0.1, -0.05) is 66.6 Å². The molecule has 132 valence electrons. The number of rotatable bonds is 5. The van der Waals surface area contributed by atoms with Crippen molar-refractivity contribution in [2.75, 3.05) is 19.7 Å². The van der Waals surface area contributed by atoms with Gasteiger partial charge in [0.05, 0.1) is 12.1 Å². The van der Waals surface area contributed by atoms with Crippen molar-refractivity contribution in [2.45, 2.75) is 31.9 Å². The van der Waals surface area contributed by atoms with Gasteiger partial charge < -0.3 is 15.1 Å². The molecule has 0 aliphatic heterocycles. The minimum Gasteiger partial charge on any atom is -0.391 e. The molecule has 0 fully saturated rings. The van der Waals surface area contributed by atoms with E-state index >= 15 is 0 Å². The Morgan fingerprint density at radius 3 is 1.76 bits per heavy atom. The van der Waals surface area contributed by atoms with Crippen LogP contribution < -0.4 is 4.90 Å². The number of hydrogen-bond acceptors (Lipinski definition) is 2. The molecule has 0 aromatic heterocycles. The Hall–Kier alpha value is -2.12. The van der Waals surface area contributed by atoms with Crippen LogP contribution in [-0.2, 0) is 5.60 Å². The highest BCUT2D eigenvalue weighted by Crippen LogP contribution is 2.28. The summed E-state index contributed by atoms with van der Waals surface area (Å²) in [5.41, 5.74) is 0.154. The van der Waals surface area contributed by atoms with E-state index in [1.807, 2.05) is 60.7 Å². The second-order valence-electron chi connectivity index (χ2n) is 7.25. The van der Waals surface area contributed by atoms with Gasteiger partial charge in [0.1, 0.15) is 13.1 Å². The number of aliphatic hydroxyl groups is 2. The lowest BCUT2D eigenvalue weighted by Gasteiger charge is -2.30. The summed E-state index contributed by atoms with van der Waals surface area (Å²) < 4.78 is 0. The molecule has 1 unspecified atom stereocenters. The fraction of sp³-hybridized carbons (Fsp3) is 0.364. The third-order valence-corrected chi connectivity index (χ3v) is 4.43. The molecule has 2 aromatic carbocycles. The predicted molar refractivity (Wildman–Crippen MR) is 101 cm³/mol. The fourth-order valence-corrected chi connectivity index (χ4v) is 2.81. The van der Waals surface area contributed by atoms with Crippen molar-refractivity contribution in [3.63, 3.8) is 0 Å². The summed E-state index contributed by atoms with van der Waals surface area (Å²) in [4.78, 5) is 1.19. The summed E-state index contributed by atoms with van der Waals surface area (Å²) in [6.45, 7) is 7.69.